The van der Waals surface area contributed by atoms with Crippen molar-refractivity contribution in [2.75, 3.05) is 5.32 Å². The lowest BCUT2D eigenvalue weighted by atomic mass is 10.3. The molecule has 30 heavy (non-hydrogen) atoms. The monoisotopic (exact) mass is 456 g/mol. The summed E-state index contributed by atoms with van der Waals surface area (Å²) in [5.41, 5.74) is -3.20. The van der Waals surface area contributed by atoms with Crippen LogP contribution in [0.25, 0.3) is 0 Å². The summed E-state index contributed by atoms with van der Waals surface area (Å²) in [5.74, 6) is -4.44. The Balaban J connectivity index is 1.68. The second-order valence-electron chi connectivity index (χ2n) is 5.83. The summed E-state index contributed by atoms with van der Waals surface area (Å²) in [6.07, 6.45) is -9.46. The van der Waals surface area contributed by atoms with Crippen LogP contribution in [-0.4, -0.2) is 29.9 Å². The maximum absolute atomic E-state index is 13.5. The molecule has 13 heteroatoms. The molecule has 2 N–H and O–H groups in total. The van der Waals surface area contributed by atoms with Gasteiger partial charge in [0.1, 0.15) is 5.75 Å². The van der Waals surface area contributed by atoms with Gasteiger partial charge in [0.25, 0.3) is 5.63 Å². The summed E-state index contributed by atoms with van der Waals surface area (Å²) in [7, 11) is 0. The lowest BCUT2D eigenvalue weighted by molar-refractivity contribution is -0.317. The smallest absolute Gasteiger partial charge is 0.429 e. The zero-order chi connectivity index (χ0) is 22.2. The van der Waals surface area contributed by atoms with E-state index < -0.39 is 35.6 Å². The van der Waals surface area contributed by atoms with Crippen molar-refractivity contribution in [2.24, 2.45) is 0 Å². The average molecular weight is 457 g/mol. The number of hydrogen-bond donors (Lipinski definition) is 2. The molecule has 0 fully saturated rings. The van der Waals surface area contributed by atoms with Gasteiger partial charge in [-0.2, -0.15) is 22.0 Å². The van der Waals surface area contributed by atoms with E-state index in [-0.39, 0.29) is 17.2 Å². The van der Waals surface area contributed by atoms with Gasteiger partial charge < -0.3 is 19.5 Å². The Bertz CT molecular complexity index is 898. The first kappa shape index (κ1) is 21.7. The van der Waals surface area contributed by atoms with Crippen molar-refractivity contribution in [3.05, 3.63) is 48.5 Å². The van der Waals surface area contributed by atoms with E-state index in [0.717, 1.165) is 24.3 Å². The number of fused-ring (bicyclic) bond motifs is 1. The minimum atomic E-state index is -5.16. The quantitative estimate of drug-likeness (QED) is 0.491. The molecule has 0 saturated carbocycles. The first-order valence-electron chi connectivity index (χ1n) is 8.00. The lowest BCUT2D eigenvalue weighted by Crippen LogP contribution is -2.65. The Labute approximate surface area is 169 Å². The number of para-hydroxylation sites is 2. The summed E-state index contributed by atoms with van der Waals surface area (Å²) < 4.78 is 93.0. The van der Waals surface area contributed by atoms with Gasteiger partial charge in [0.2, 0.25) is 0 Å². The molecule has 0 unspecified atom stereocenters. The normalized spacial score (nSPS) is 16.0. The number of nitrogens with one attached hydrogen (secondary N) is 2. The van der Waals surface area contributed by atoms with Crippen LogP contribution in [0.15, 0.2) is 48.5 Å². The van der Waals surface area contributed by atoms with Gasteiger partial charge in [-0.25, -0.2) is 9.18 Å². The summed E-state index contributed by atoms with van der Waals surface area (Å²) in [4.78, 5) is 12.1. The first-order valence-corrected chi connectivity index (χ1v) is 8.43. The molecule has 1 aliphatic heterocycles. The second-order valence-corrected chi connectivity index (χ2v) is 6.22. The number of ether oxygens (including phenoxy) is 3. The standard InChI is InChI=1S/C17H11ClF6N2O4/c18-13(19)15(20,21)28-10-7-5-9(6-8-10)25-14(27)26-17(16(22,23)24)29-11-3-1-2-4-12(11)30-17/h1-8,13H,(H2,25,26,27)/t13-/m0/s1. The van der Waals surface area contributed by atoms with Gasteiger partial charge in [0, 0.05) is 5.69 Å². The molecule has 0 aliphatic carbocycles. The molecule has 162 valence electrons. The molecule has 0 aromatic heterocycles. The molecule has 2 amide bonds. The maximum Gasteiger partial charge on any atom is 0.492 e. The highest BCUT2D eigenvalue weighted by atomic mass is 35.5. The molecule has 2 aromatic carbocycles. The van der Waals surface area contributed by atoms with E-state index in [0.29, 0.717) is 0 Å². The van der Waals surface area contributed by atoms with Crippen LogP contribution in [0.1, 0.15) is 0 Å². The minimum Gasteiger partial charge on any atom is -0.429 e. The van der Waals surface area contributed by atoms with Gasteiger partial charge in [-0.15, -0.1) is 0 Å². The van der Waals surface area contributed by atoms with Gasteiger partial charge in [0.15, 0.2) is 11.5 Å². The van der Waals surface area contributed by atoms with Crippen LogP contribution in [-0.2, 0) is 0 Å². The van der Waals surface area contributed by atoms with Gasteiger partial charge >= 0.3 is 24.2 Å². The van der Waals surface area contributed by atoms with Crippen LogP contribution in [0.4, 0.5) is 36.8 Å². The van der Waals surface area contributed by atoms with Crippen molar-refractivity contribution < 1.29 is 45.3 Å². The summed E-state index contributed by atoms with van der Waals surface area (Å²) >= 11 is 4.66. The highest BCUT2D eigenvalue weighted by molar-refractivity contribution is 6.20. The van der Waals surface area contributed by atoms with Crippen molar-refractivity contribution in [3.63, 3.8) is 0 Å². The third-order valence-electron chi connectivity index (χ3n) is 3.63. The Kier molecular flexibility index (Phi) is 5.54. The highest BCUT2D eigenvalue weighted by Gasteiger charge is 2.65. The fraction of sp³-hybridized carbons (Fsp3) is 0.235. The van der Waals surface area contributed by atoms with Crippen LogP contribution < -0.4 is 24.8 Å². The number of alkyl halides is 7. The van der Waals surface area contributed by atoms with Crippen LogP contribution in [0.5, 0.6) is 17.2 Å². The molecular weight excluding hydrogens is 446 g/mol. The minimum absolute atomic E-state index is 0.0985. The van der Waals surface area contributed by atoms with Crippen molar-refractivity contribution in [3.8, 4) is 17.2 Å². The molecular formula is C17H11ClF6N2O4. The summed E-state index contributed by atoms with van der Waals surface area (Å²) in [6.45, 7) is 0. The van der Waals surface area contributed by atoms with Crippen molar-refractivity contribution in [1.29, 1.82) is 0 Å². The van der Waals surface area contributed by atoms with E-state index in [4.69, 9.17) is 9.47 Å². The van der Waals surface area contributed by atoms with E-state index in [1.807, 2.05) is 0 Å². The van der Waals surface area contributed by atoms with Crippen molar-refractivity contribution in [2.45, 2.75) is 23.8 Å². The van der Waals surface area contributed by atoms with E-state index in [1.165, 1.54) is 24.3 Å². The number of halogens is 7. The van der Waals surface area contributed by atoms with Gasteiger partial charge in [-0.3, -0.25) is 5.32 Å². The number of urea groups is 1. The van der Waals surface area contributed by atoms with Gasteiger partial charge in [-0.05, 0) is 36.4 Å². The number of amides is 2. The van der Waals surface area contributed by atoms with E-state index in [1.54, 1.807) is 5.32 Å². The van der Waals surface area contributed by atoms with Crippen LogP contribution in [0.2, 0.25) is 0 Å². The van der Waals surface area contributed by atoms with E-state index >= 15 is 0 Å². The topological polar surface area (TPSA) is 68.8 Å². The Morgan fingerprint density at radius 3 is 2.00 bits per heavy atom. The summed E-state index contributed by atoms with van der Waals surface area (Å²) in [6, 6.07) is 7.79. The van der Waals surface area contributed by atoms with Crippen molar-refractivity contribution >= 4 is 23.3 Å². The average Bonchev–Trinajstić information content (AvgIpc) is 3.02. The zero-order valence-electron chi connectivity index (χ0n) is 14.5. The molecule has 3 rings (SSSR count). The second kappa shape index (κ2) is 7.67. The molecule has 0 saturated heterocycles. The number of benzene rings is 2. The predicted molar refractivity (Wildman–Crippen MR) is 91.4 cm³/mol. The molecule has 2 aromatic rings. The number of anilines is 1. The molecule has 1 heterocycles. The third-order valence-corrected chi connectivity index (χ3v) is 3.88. The zero-order valence-corrected chi connectivity index (χ0v) is 15.2. The molecule has 1 aliphatic rings. The largest absolute Gasteiger partial charge is 0.492 e. The Morgan fingerprint density at radius 2 is 1.53 bits per heavy atom. The highest BCUT2D eigenvalue weighted by Crippen LogP contribution is 2.44. The van der Waals surface area contributed by atoms with E-state index in [2.05, 4.69) is 21.7 Å². The molecule has 6 nitrogen and oxygen atoms in total. The Hall–Kier alpha value is -3.02. The molecule has 0 radical (unpaired) electrons. The molecule has 0 bridgehead atoms. The number of carbonyl (C=O) groups excluding carboxylic acids is 1. The van der Waals surface area contributed by atoms with Crippen LogP contribution in [0, 0.1) is 0 Å². The SMILES string of the molecule is O=C(Nc1ccc(OC(F)(F)[C@H](F)Cl)cc1)NC1(C(F)(F)F)Oc2ccccc2O1. The maximum atomic E-state index is 13.5. The predicted octanol–water partition coefficient (Wildman–Crippen LogP) is 5.00. The fourth-order valence-corrected chi connectivity index (χ4v) is 2.35. The Morgan fingerprint density at radius 1 is 1.00 bits per heavy atom. The summed E-state index contributed by atoms with van der Waals surface area (Å²) in [5, 5.41) is 3.61. The number of carbonyl (C=O) groups is 1. The van der Waals surface area contributed by atoms with Gasteiger partial charge in [0.05, 0.1) is 0 Å². The third kappa shape index (κ3) is 4.42. The number of hydrogen-bond acceptors (Lipinski definition) is 4. The molecule has 1 atom stereocenters. The number of rotatable bonds is 5. The lowest BCUT2D eigenvalue weighted by Gasteiger charge is -2.29. The van der Waals surface area contributed by atoms with E-state index in [9.17, 15) is 31.1 Å². The van der Waals surface area contributed by atoms with Gasteiger partial charge in [-0.1, -0.05) is 23.7 Å². The molecule has 0 spiro atoms. The fourth-order valence-electron chi connectivity index (χ4n) is 2.31. The first-order chi connectivity index (χ1) is 13.9. The van der Waals surface area contributed by atoms with Crippen LogP contribution in [0.3, 0.4) is 0 Å². The van der Waals surface area contributed by atoms with Crippen molar-refractivity contribution in [1.82, 2.24) is 5.32 Å². The van der Waals surface area contributed by atoms with Crippen LogP contribution >= 0.6 is 11.6 Å².